The summed E-state index contributed by atoms with van der Waals surface area (Å²) >= 11 is 0. The molecule has 1 aromatic rings. The van der Waals surface area contributed by atoms with Gasteiger partial charge in [-0.2, -0.15) is 0 Å². The lowest BCUT2D eigenvalue weighted by atomic mass is 10.1. The Bertz CT molecular complexity index is 789. The molecule has 0 radical (unpaired) electrons. The van der Waals surface area contributed by atoms with Crippen molar-refractivity contribution in [3.05, 3.63) is 45.9 Å². The van der Waals surface area contributed by atoms with Crippen molar-refractivity contribution < 1.29 is 9.59 Å². The minimum atomic E-state index is -0.499. The number of carbonyl (C=O) groups is 2. The highest BCUT2D eigenvalue weighted by Crippen LogP contribution is 2.29. The average Bonchev–Trinajstić information content (AvgIpc) is 3.18. The lowest BCUT2D eigenvalue weighted by molar-refractivity contribution is 0.0776. The topological polar surface area (TPSA) is 71.4 Å². The van der Waals surface area contributed by atoms with Gasteiger partial charge in [-0.3, -0.25) is 14.4 Å². The first kappa shape index (κ1) is 21.9. The van der Waals surface area contributed by atoms with E-state index in [1.54, 1.807) is 17.3 Å². The summed E-state index contributed by atoms with van der Waals surface area (Å²) in [6.07, 6.45) is 7.48. The summed E-state index contributed by atoms with van der Waals surface area (Å²) in [6, 6.07) is 0.222. The first-order chi connectivity index (χ1) is 13.2. The average molecular weight is 388 g/mol. The maximum absolute atomic E-state index is 13.1. The van der Waals surface area contributed by atoms with Gasteiger partial charge in [-0.05, 0) is 32.6 Å². The van der Waals surface area contributed by atoms with E-state index in [2.05, 4.69) is 11.9 Å². The standard InChI is InChI=1S/C22H33N3O3/c1-6-24(12-16(4)5)22(28)19-14-25(17-9-7-8-10-17)13-18(20(19)26)21(27)23-11-15(2)3/h13-15,17H,4,6-12H2,1-3,5H3,(H,23,27). The van der Waals surface area contributed by atoms with Crippen LogP contribution in [-0.4, -0.2) is 40.9 Å². The van der Waals surface area contributed by atoms with E-state index in [4.69, 9.17) is 0 Å². The number of aromatic nitrogens is 1. The fraction of sp³-hybridized carbons (Fsp3) is 0.591. The maximum Gasteiger partial charge on any atom is 0.259 e. The summed E-state index contributed by atoms with van der Waals surface area (Å²) in [4.78, 5) is 40.4. The molecule has 0 bridgehead atoms. The van der Waals surface area contributed by atoms with Crippen LogP contribution in [0.4, 0.5) is 0 Å². The second-order valence-corrected chi connectivity index (χ2v) is 8.18. The van der Waals surface area contributed by atoms with Gasteiger partial charge in [0.1, 0.15) is 11.1 Å². The zero-order valence-electron chi connectivity index (χ0n) is 17.6. The molecule has 0 atom stereocenters. The lowest BCUT2D eigenvalue weighted by Gasteiger charge is -2.23. The third kappa shape index (κ3) is 5.33. The highest BCUT2D eigenvalue weighted by molar-refractivity contribution is 5.99. The number of hydrogen-bond donors (Lipinski definition) is 1. The minimum absolute atomic E-state index is 0.0461. The molecule has 0 aromatic carbocycles. The van der Waals surface area contributed by atoms with E-state index in [1.165, 1.54) is 0 Å². The molecule has 154 valence electrons. The molecule has 1 saturated carbocycles. The van der Waals surface area contributed by atoms with E-state index < -0.39 is 11.3 Å². The molecule has 0 aliphatic heterocycles. The van der Waals surface area contributed by atoms with Gasteiger partial charge in [0.2, 0.25) is 5.43 Å². The van der Waals surface area contributed by atoms with Crippen LogP contribution in [0.15, 0.2) is 29.3 Å². The summed E-state index contributed by atoms with van der Waals surface area (Å²) in [5.41, 5.74) is 0.454. The molecule has 1 N–H and O–H groups in total. The molecule has 2 amide bonds. The first-order valence-electron chi connectivity index (χ1n) is 10.2. The molecule has 1 heterocycles. The van der Waals surface area contributed by atoms with Crippen molar-refractivity contribution in [3.63, 3.8) is 0 Å². The van der Waals surface area contributed by atoms with Crippen molar-refractivity contribution in [1.82, 2.24) is 14.8 Å². The predicted octanol–water partition coefficient (Wildman–Crippen LogP) is 3.39. The molecule has 28 heavy (non-hydrogen) atoms. The highest BCUT2D eigenvalue weighted by atomic mass is 16.2. The second kappa shape index (κ2) is 9.71. The molecule has 1 aromatic heterocycles. The lowest BCUT2D eigenvalue weighted by Crippen LogP contribution is -2.39. The zero-order chi connectivity index (χ0) is 20.8. The predicted molar refractivity (Wildman–Crippen MR) is 112 cm³/mol. The highest BCUT2D eigenvalue weighted by Gasteiger charge is 2.25. The van der Waals surface area contributed by atoms with E-state index >= 15 is 0 Å². The van der Waals surface area contributed by atoms with Crippen LogP contribution in [0.25, 0.3) is 0 Å². The Morgan fingerprint density at radius 3 is 2.39 bits per heavy atom. The van der Waals surface area contributed by atoms with Crippen LogP contribution in [0.2, 0.25) is 0 Å². The Labute approximate surface area is 167 Å². The number of likely N-dealkylation sites (N-methyl/N-ethyl adjacent to an activating group) is 1. The number of nitrogens with zero attached hydrogens (tertiary/aromatic N) is 2. The molecule has 6 nitrogen and oxygen atoms in total. The molecular weight excluding hydrogens is 354 g/mol. The molecule has 1 fully saturated rings. The van der Waals surface area contributed by atoms with Crippen LogP contribution in [-0.2, 0) is 0 Å². The van der Waals surface area contributed by atoms with Gasteiger partial charge < -0.3 is 14.8 Å². The zero-order valence-corrected chi connectivity index (χ0v) is 17.6. The van der Waals surface area contributed by atoms with Gasteiger partial charge in [0.25, 0.3) is 11.8 Å². The van der Waals surface area contributed by atoms with E-state index in [0.29, 0.717) is 19.6 Å². The van der Waals surface area contributed by atoms with Crippen LogP contribution >= 0.6 is 0 Å². The summed E-state index contributed by atoms with van der Waals surface area (Å²) in [6.45, 7) is 12.9. The molecule has 1 aliphatic carbocycles. The number of amides is 2. The number of rotatable bonds is 8. The molecule has 0 saturated heterocycles. The Kier molecular flexibility index (Phi) is 7.61. The fourth-order valence-electron chi connectivity index (χ4n) is 3.54. The summed E-state index contributed by atoms with van der Waals surface area (Å²) in [7, 11) is 0. The van der Waals surface area contributed by atoms with Gasteiger partial charge >= 0.3 is 0 Å². The van der Waals surface area contributed by atoms with E-state index in [1.807, 2.05) is 32.3 Å². The maximum atomic E-state index is 13.1. The van der Waals surface area contributed by atoms with Gasteiger partial charge in [0, 0.05) is 38.1 Å². The van der Waals surface area contributed by atoms with Crippen molar-refractivity contribution in [1.29, 1.82) is 0 Å². The van der Waals surface area contributed by atoms with Crippen molar-refractivity contribution in [3.8, 4) is 0 Å². The van der Waals surface area contributed by atoms with Crippen LogP contribution < -0.4 is 10.7 Å². The summed E-state index contributed by atoms with van der Waals surface area (Å²) in [5.74, 6) is -0.485. The first-order valence-corrected chi connectivity index (χ1v) is 10.2. The number of pyridine rings is 1. The van der Waals surface area contributed by atoms with Gasteiger partial charge in [-0.15, -0.1) is 0 Å². The molecule has 1 aliphatic rings. The molecule has 2 rings (SSSR count). The SMILES string of the molecule is C=C(C)CN(CC)C(=O)c1cn(C2CCCC2)cc(C(=O)NCC(C)C)c1=O. The Morgan fingerprint density at radius 1 is 1.25 bits per heavy atom. The second-order valence-electron chi connectivity index (χ2n) is 8.18. The van der Waals surface area contributed by atoms with Gasteiger partial charge in [0.15, 0.2) is 0 Å². The van der Waals surface area contributed by atoms with Crippen molar-refractivity contribution in [2.45, 2.75) is 59.4 Å². The largest absolute Gasteiger partial charge is 0.352 e. The third-order valence-electron chi connectivity index (χ3n) is 5.07. The molecule has 0 spiro atoms. The third-order valence-corrected chi connectivity index (χ3v) is 5.07. The van der Waals surface area contributed by atoms with E-state index in [-0.39, 0.29) is 29.0 Å². The fourth-order valence-corrected chi connectivity index (χ4v) is 3.54. The van der Waals surface area contributed by atoms with Crippen molar-refractivity contribution >= 4 is 11.8 Å². The summed E-state index contributed by atoms with van der Waals surface area (Å²) in [5, 5.41) is 2.81. The molecular formula is C22H33N3O3. The number of nitrogens with one attached hydrogen (secondary N) is 1. The van der Waals surface area contributed by atoms with Crippen LogP contribution in [0, 0.1) is 5.92 Å². The van der Waals surface area contributed by atoms with Crippen LogP contribution in [0.5, 0.6) is 0 Å². The smallest absolute Gasteiger partial charge is 0.259 e. The Morgan fingerprint density at radius 2 is 1.86 bits per heavy atom. The van der Waals surface area contributed by atoms with E-state index in [0.717, 1.165) is 31.3 Å². The van der Waals surface area contributed by atoms with Gasteiger partial charge in [0.05, 0.1) is 0 Å². The van der Waals surface area contributed by atoms with Crippen LogP contribution in [0.3, 0.4) is 0 Å². The minimum Gasteiger partial charge on any atom is -0.352 e. The summed E-state index contributed by atoms with van der Waals surface area (Å²) < 4.78 is 1.90. The van der Waals surface area contributed by atoms with E-state index in [9.17, 15) is 14.4 Å². The van der Waals surface area contributed by atoms with Gasteiger partial charge in [-0.1, -0.05) is 38.8 Å². The quantitative estimate of drug-likeness (QED) is 0.695. The van der Waals surface area contributed by atoms with Gasteiger partial charge in [-0.25, -0.2) is 0 Å². The monoisotopic (exact) mass is 387 g/mol. The Balaban J connectivity index is 2.47. The molecule has 6 heteroatoms. The van der Waals surface area contributed by atoms with Crippen molar-refractivity contribution in [2.75, 3.05) is 19.6 Å². The normalized spacial score (nSPS) is 14.3. The number of carbonyl (C=O) groups excluding carboxylic acids is 2. The number of hydrogen-bond acceptors (Lipinski definition) is 3. The Hall–Kier alpha value is -2.37. The molecule has 0 unspecified atom stereocenters. The van der Waals surface area contributed by atoms with Crippen LogP contribution in [0.1, 0.15) is 80.1 Å². The van der Waals surface area contributed by atoms with Crippen molar-refractivity contribution in [2.24, 2.45) is 5.92 Å².